The molecule has 0 unspecified atom stereocenters. The Hall–Kier alpha value is -0.580. The summed E-state index contributed by atoms with van der Waals surface area (Å²) in [6, 6.07) is 0. The highest BCUT2D eigenvalue weighted by atomic mass is 79.9. The van der Waals surface area contributed by atoms with Gasteiger partial charge in [0.15, 0.2) is 10.4 Å². The number of anilines is 1. The number of aromatic nitrogens is 3. The van der Waals surface area contributed by atoms with E-state index in [-0.39, 0.29) is 0 Å². The Balaban J connectivity index is 2.48. The summed E-state index contributed by atoms with van der Waals surface area (Å²) >= 11 is 3.36. The maximum Gasteiger partial charge on any atom is 0.172 e. The molecule has 2 rings (SSSR count). The van der Waals surface area contributed by atoms with E-state index in [1.54, 1.807) is 0 Å². The van der Waals surface area contributed by atoms with Gasteiger partial charge in [-0.15, -0.1) is 5.10 Å². The molecule has 1 aromatic rings. The summed E-state index contributed by atoms with van der Waals surface area (Å²) in [6.45, 7) is 2.07. The number of halogens is 1. The summed E-state index contributed by atoms with van der Waals surface area (Å²) in [5.41, 5.74) is 0. The lowest BCUT2D eigenvalue weighted by molar-refractivity contribution is 0.519. The molecule has 5 heteroatoms. The van der Waals surface area contributed by atoms with Crippen LogP contribution in [0.5, 0.6) is 0 Å². The molecule has 60 valence electrons. The summed E-state index contributed by atoms with van der Waals surface area (Å²) in [6.07, 6.45) is 1.15. The van der Waals surface area contributed by atoms with Crippen LogP contribution in [-0.4, -0.2) is 28.6 Å². The minimum absolute atomic E-state index is 0.847. The molecule has 0 fully saturated rings. The zero-order valence-corrected chi connectivity index (χ0v) is 7.87. The van der Waals surface area contributed by atoms with Gasteiger partial charge in [-0.3, -0.25) is 0 Å². The van der Waals surface area contributed by atoms with Crippen LogP contribution in [0.4, 0.5) is 5.82 Å². The fourth-order valence-corrected chi connectivity index (χ4v) is 1.93. The minimum atomic E-state index is 0.847. The van der Waals surface area contributed by atoms with E-state index in [0.717, 1.165) is 29.9 Å². The third-order valence-corrected chi connectivity index (χ3v) is 2.41. The Labute approximate surface area is 73.3 Å². The first-order chi connectivity index (χ1) is 5.29. The highest BCUT2D eigenvalue weighted by Gasteiger charge is 2.18. The average molecular weight is 217 g/mol. The summed E-state index contributed by atoms with van der Waals surface area (Å²) in [5.74, 6) is 1.09. The van der Waals surface area contributed by atoms with Gasteiger partial charge in [-0.25, -0.2) is 4.68 Å². The fourth-order valence-electron chi connectivity index (χ4n) is 1.36. The lowest BCUT2D eigenvalue weighted by Crippen LogP contribution is -2.28. The van der Waals surface area contributed by atoms with Crippen molar-refractivity contribution in [3.8, 4) is 0 Å². The van der Waals surface area contributed by atoms with Crippen LogP contribution < -0.4 is 4.90 Å². The van der Waals surface area contributed by atoms with Gasteiger partial charge >= 0.3 is 0 Å². The third kappa shape index (κ3) is 1.03. The van der Waals surface area contributed by atoms with Gasteiger partial charge in [-0.2, -0.15) is 0 Å². The predicted molar refractivity (Wildman–Crippen MR) is 45.6 cm³/mol. The first kappa shape index (κ1) is 7.09. The summed E-state index contributed by atoms with van der Waals surface area (Å²) in [5, 5.41) is 7.92. The Morgan fingerprint density at radius 2 is 2.27 bits per heavy atom. The second-order valence-corrected chi connectivity index (χ2v) is 3.45. The van der Waals surface area contributed by atoms with Crippen molar-refractivity contribution in [2.24, 2.45) is 0 Å². The van der Waals surface area contributed by atoms with Crippen LogP contribution in [0.2, 0.25) is 0 Å². The maximum absolute atomic E-state index is 3.98. The van der Waals surface area contributed by atoms with Crippen molar-refractivity contribution < 1.29 is 0 Å². The molecular weight excluding hydrogens is 208 g/mol. The molecule has 1 aliphatic rings. The van der Waals surface area contributed by atoms with Crippen LogP contribution in [0, 0.1) is 0 Å². The SMILES string of the molecule is CN1CCCn2nnc(Br)c21. The van der Waals surface area contributed by atoms with Crippen LogP contribution >= 0.6 is 15.9 Å². The molecule has 11 heavy (non-hydrogen) atoms. The Kier molecular flexibility index (Phi) is 1.60. The second-order valence-electron chi connectivity index (χ2n) is 2.70. The Bertz CT molecular complexity index is 270. The Morgan fingerprint density at radius 3 is 3.00 bits per heavy atom. The van der Waals surface area contributed by atoms with E-state index in [2.05, 4.69) is 38.2 Å². The lowest BCUT2D eigenvalue weighted by Gasteiger charge is -2.24. The molecule has 4 nitrogen and oxygen atoms in total. The molecule has 0 aliphatic carbocycles. The van der Waals surface area contributed by atoms with Crippen molar-refractivity contribution in [3.63, 3.8) is 0 Å². The van der Waals surface area contributed by atoms with Crippen LogP contribution in [0.15, 0.2) is 4.60 Å². The molecule has 2 heterocycles. The van der Waals surface area contributed by atoms with Crippen molar-refractivity contribution in [1.82, 2.24) is 15.0 Å². The molecule has 0 radical (unpaired) electrons. The van der Waals surface area contributed by atoms with Gasteiger partial charge in [0.05, 0.1) is 0 Å². The smallest absolute Gasteiger partial charge is 0.172 e. The quantitative estimate of drug-likeness (QED) is 0.646. The van der Waals surface area contributed by atoms with Crippen molar-refractivity contribution in [1.29, 1.82) is 0 Å². The highest BCUT2D eigenvalue weighted by Crippen LogP contribution is 2.25. The molecule has 0 atom stereocenters. The number of fused-ring (bicyclic) bond motifs is 1. The number of rotatable bonds is 0. The molecule has 0 saturated carbocycles. The van der Waals surface area contributed by atoms with Gasteiger partial charge in [0, 0.05) is 20.1 Å². The molecule has 0 bridgehead atoms. The number of nitrogens with zero attached hydrogens (tertiary/aromatic N) is 4. The first-order valence-electron chi connectivity index (χ1n) is 3.59. The second kappa shape index (κ2) is 2.48. The third-order valence-electron chi connectivity index (χ3n) is 1.89. The summed E-state index contributed by atoms with van der Waals surface area (Å²) in [7, 11) is 2.05. The van der Waals surface area contributed by atoms with Crippen LogP contribution in [0.25, 0.3) is 0 Å². The monoisotopic (exact) mass is 216 g/mol. The van der Waals surface area contributed by atoms with Crippen molar-refractivity contribution in [2.45, 2.75) is 13.0 Å². The molecule has 0 N–H and O–H groups in total. The molecular formula is C6H9BrN4. The van der Waals surface area contributed by atoms with E-state index in [1.165, 1.54) is 0 Å². The van der Waals surface area contributed by atoms with E-state index >= 15 is 0 Å². The zero-order valence-electron chi connectivity index (χ0n) is 6.29. The topological polar surface area (TPSA) is 34.0 Å². The van der Waals surface area contributed by atoms with E-state index < -0.39 is 0 Å². The molecule has 1 aromatic heterocycles. The van der Waals surface area contributed by atoms with Gasteiger partial charge in [0.2, 0.25) is 0 Å². The normalized spacial score (nSPS) is 16.7. The van der Waals surface area contributed by atoms with Gasteiger partial charge in [-0.1, -0.05) is 5.21 Å². The maximum atomic E-state index is 3.98. The predicted octanol–water partition coefficient (Wildman–Crippen LogP) is 0.880. The van der Waals surface area contributed by atoms with E-state index in [4.69, 9.17) is 0 Å². The molecule has 0 aromatic carbocycles. The van der Waals surface area contributed by atoms with Gasteiger partial charge in [0.1, 0.15) is 0 Å². The lowest BCUT2D eigenvalue weighted by atomic mass is 10.3. The number of aryl methyl sites for hydroxylation is 1. The first-order valence-corrected chi connectivity index (χ1v) is 4.38. The fraction of sp³-hybridized carbons (Fsp3) is 0.667. The van der Waals surface area contributed by atoms with Crippen molar-refractivity contribution >= 4 is 21.7 Å². The molecule has 0 saturated heterocycles. The minimum Gasteiger partial charge on any atom is -0.358 e. The van der Waals surface area contributed by atoms with E-state index in [9.17, 15) is 0 Å². The van der Waals surface area contributed by atoms with E-state index in [1.807, 2.05) is 4.68 Å². The van der Waals surface area contributed by atoms with Crippen molar-refractivity contribution in [2.75, 3.05) is 18.5 Å². The summed E-state index contributed by atoms with van der Waals surface area (Å²) < 4.78 is 2.77. The largest absolute Gasteiger partial charge is 0.358 e. The van der Waals surface area contributed by atoms with Gasteiger partial charge in [-0.05, 0) is 22.4 Å². The zero-order chi connectivity index (χ0) is 7.84. The Morgan fingerprint density at radius 1 is 1.45 bits per heavy atom. The standard InChI is InChI=1S/C6H9BrN4/c1-10-3-2-4-11-6(10)5(7)8-9-11/h2-4H2,1H3. The molecule has 0 amide bonds. The number of hydrogen-bond donors (Lipinski definition) is 0. The number of hydrogen-bond acceptors (Lipinski definition) is 3. The van der Waals surface area contributed by atoms with Gasteiger partial charge in [0.25, 0.3) is 0 Å². The van der Waals surface area contributed by atoms with Crippen LogP contribution in [0.3, 0.4) is 0 Å². The van der Waals surface area contributed by atoms with Crippen LogP contribution in [0.1, 0.15) is 6.42 Å². The molecule has 0 spiro atoms. The summed E-state index contributed by atoms with van der Waals surface area (Å²) in [4.78, 5) is 2.16. The average Bonchev–Trinajstić information content (AvgIpc) is 2.34. The molecule has 1 aliphatic heterocycles. The van der Waals surface area contributed by atoms with Crippen LogP contribution in [-0.2, 0) is 6.54 Å². The van der Waals surface area contributed by atoms with Crippen molar-refractivity contribution in [3.05, 3.63) is 4.60 Å². The van der Waals surface area contributed by atoms with Gasteiger partial charge < -0.3 is 4.90 Å². The van der Waals surface area contributed by atoms with E-state index in [0.29, 0.717) is 0 Å². The highest BCUT2D eigenvalue weighted by molar-refractivity contribution is 9.10.